The van der Waals surface area contributed by atoms with Crippen molar-refractivity contribution in [3.63, 3.8) is 0 Å². The van der Waals surface area contributed by atoms with Gasteiger partial charge in [-0.15, -0.1) is 0 Å². The molecule has 0 N–H and O–H groups in total. The minimum Gasteiger partial charge on any atom is -0.456 e. The lowest BCUT2D eigenvalue weighted by Gasteiger charge is -2.09. The molecular weight excluding hydrogens is 390 g/mol. The van der Waals surface area contributed by atoms with Crippen LogP contribution in [0, 0.1) is 5.82 Å². The Balaban J connectivity index is 2.34. The average molecular weight is 398 g/mol. The van der Waals surface area contributed by atoms with Gasteiger partial charge in [0.15, 0.2) is 6.01 Å². The minimum absolute atomic E-state index is 0.154. The monoisotopic (exact) mass is 396 g/mol. The van der Waals surface area contributed by atoms with E-state index in [0.29, 0.717) is 0 Å². The summed E-state index contributed by atoms with van der Waals surface area (Å²) < 4.78 is 54.2. The fourth-order valence-corrected chi connectivity index (χ4v) is 3.06. The molecule has 0 fully saturated rings. The van der Waals surface area contributed by atoms with Crippen molar-refractivity contribution in [1.29, 1.82) is 0 Å². The van der Waals surface area contributed by atoms with Crippen molar-refractivity contribution in [2.75, 3.05) is 6.01 Å². The Labute approximate surface area is 133 Å². The lowest BCUT2D eigenvalue weighted by molar-refractivity contribution is 0.473. The second kappa shape index (κ2) is 6.29. The maximum Gasteiger partial charge on any atom is 0.207 e. The second-order valence-electron chi connectivity index (χ2n) is 4.02. The first kappa shape index (κ1) is 16.2. The standard InChI is InChI=1S/C13H8BrClF2O3S/c14-12-6-11(21(18,19)7-16)1-2-13(12)20-10-4-8(15)3-9(17)5-10/h1-6H,7H2. The van der Waals surface area contributed by atoms with Gasteiger partial charge in [0, 0.05) is 11.1 Å². The summed E-state index contributed by atoms with van der Waals surface area (Å²) in [7, 11) is -3.96. The minimum atomic E-state index is -3.96. The zero-order valence-corrected chi connectivity index (χ0v) is 13.5. The molecule has 2 aromatic carbocycles. The van der Waals surface area contributed by atoms with E-state index in [9.17, 15) is 17.2 Å². The molecule has 0 aliphatic carbocycles. The topological polar surface area (TPSA) is 43.4 Å². The van der Waals surface area contributed by atoms with Crippen molar-refractivity contribution in [2.24, 2.45) is 0 Å². The molecule has 0 bridgehead atoms. The van der Waals surface area contributed by atoms with E-state index in [0.717, 1.165) is 12.1 Å². The number of hydrogen-bond donors (Lipinski definition) is 0. The van der Waals surface area contributed by atoms with Gasteiger partial charge in [0.25, 0.3) is 0 Å². The molecule has 0 radical (unpaired) electrons. The average Bonchev–Trinajstić information content (AvgIpc) is 2.40. The predicted molar refractivity (Wildman–Crippen MR) is 78.8 cm³/mol. The predicted octanol–water partition coefficient (Wildman–Crippen LogP) is 4.73. The van der Waals surface area contributed by atoms with Crippen LogP contribution in [0.25, 0.3) is 0 Å². The Kier molecular flexibility index (Phi) is 4.85. The number of ether oxygens (including phenoxy) is 1. The van der Waals surface area contributed by atoms with E-state index >= 15 is 0 Å². The third kappa shape index (κ3) is 3.93. The summed E-state index contributed by atoms with van der Waals surface area (Å²) in [6.07, 6.45) is 0. The highest BCUT2D eigenvalue weighted by molar-refractivity contribution is 9.10. The van der Waals surface area contributed by atoms with Gasteiger partial charge in [0.2, 0.25) is 9.84 Å². The first-order valence-electron chi connectivity index (χ1n) is 5.54. The van der Waals surface area contributed by atoms with Crippen LogP contribution in [0.5, 0.6) is 11.5 Å². The maximum atomic E-state index is 13.2. The molecule has 0 saturated heterocycles. The van der Waals surface area contributed by atoms with Gasteiger partial charge < -0.3 is 4.74 Å². The third-order valence-electron chi connectivity index (χ3n) is 2.47. The van der Waals surface area contributed by atoms with Gasteiger partial charge >= 0.3 is 0 Å². The van der Waals surface area contributed by atoms with Crippen LogP contribution in [0.15, 0.2) is 45.8 Å². The zero-order valence-electron chi connectivity index (χ0n) is 10.3. The Morgan fingerprint density at radius 1 is 1.19 bits per heavy atom. The van der Waals surface area contributed by atoms with Gasteiger partial charge in [-0.05, 0) is 46.3 Å². The SMILES string of the molecule is O=S(=O)(CF)c1ccc(Oc2cc(F)cc(Cl)c2)c(Br)c1. The van der Waals surface area contributed by atoms with Gasteiger partial charge in [-0.2, -0.15) is 0 Å². The van der Waals surface area contributed by atoms with Gasteiger partial charge in [-0.25, -0.2) is 17.2 Å². The Morgan fingerprint density at radius 3 is 2.48 bits per heavy atom. The molecule has 0 aliphatic heterocycles. The second-order valence-corrected chi connectivity index (χ2v) is 7.23. The fourth-order valence-electron chi connectivity index (χ4n) is 1.54. The van der Waals surface area contributed by atoms with Crippen LogP contribution in [-0.4, -0.2) is 14.4 Å². The van der Waals surface area contributed by atoms with Gasteiger partial charge in [0.05, 0.1) is 9.37 Å². The zero-order chi connectivity index (χ0) is 15.6. The molecule has 3 nitrogen and oxygen atoms in total. The van der Waals surface area contributed by atoms with Gasteiger partial charge in [-0.3, -0.25) is 0 Å². The molecule has 2 rings (SSSR count). The summed E-state index contributed by atoms with van der Waals surface area (Å²) in [4.78, 5) is -0.179. The molecule has 0 unspecified atom stereocenters. The highest BCUT2D eigenvalue weighted by Crippen LogP contribution is 2.33. The Bertz CT molecular complexity index is 761. The Morgan fingerprint density at radius 2 is 1.90 bits per heavy atom. The largest absolute Gasteiger partial charge is 0.456 e. The maximum absolute atomic E-state index is 13.2. The highest BCUT2D eigenvalue weighted by Gasteiger charge is 2.16. The van der Waals surface area contributed by atoms with E-state index in [1.165, 1.54) is 24.3 Å². The van der Waals surface area contributed by atoms with E-state index in [-0.39, 0.29) is 25.9 Å². The summed E-state index contributed by atoms with van der Waals surface area (Å²) in [5.74, 6) is -0.165. The third-order valence-corrected chi connectivity index (χ3v) is 4.57. The van der Waals surface area contributed by atoms with Crippen LogP contribution in [0.3, 0.4) is 0 Å². The fraction of sp³-hybridized carbons (Fsp3) is 0.0769. The number of halogens is 4. The van der Waals surface area contributed by atoms with Crippen LogP contribution in [-0.2, 0) is 9.84 Å². The molecule has 0 atom stereocenters. The molecule has 112 valence electrons. The van der Waals surface area contributed by atoms with Gasteiger partial charge in [0.1, 0.15) is 17.3 Å². The molecule has 2 aromatic rings. The first-order valence-corrected chi connectivity index (χ1v) is 8.36. The number of hydrogen-bond acceptors (Lipinski definition) is 3. The van der Waals surface area contributed by atoms with Crippen molar-refractivity contribution in [1.82, 2.24) is 0 Å². The van der Waals surface area contributed by atoms with Crippen LogP contribution in [0.2, 0.25) is 5.02 Å². The summed E-state index contributed by atoms with van der Waals surface area (Å²) >= 11 is 8.83. The molecule has 0 amide bonds. The normalized spacial score (nSPS) is 11.4. The molecule has 8 heteroatoms. The summed E-state index contributed by atoms with van der Waals surface area (Å²) in [5, 5.41) is 0.165. The molecule has 21 heavy (non-hydrogen) atoms. The van der Waals surface area contributed by atoms with Crippen molar-refractivity contribution in [2.45, 2.75) is 4.90 Å². The van der Waals surface area contributed by atoms with E-state index < -0.39 is 21.7 Å². The quantitative estimate of drug-likeness (QED) is 0.749. The summed E-state index contributed by atoms with van der Waals surface area (Å²) in [5.41, 5.74) is 0. The smallest absolute Gasteiger partial charge is 0.207 e. The van der Waals surface area contributed by atoms with E-state index in [2.05, 4.69) is 15.9 Å². The van der Waals surface area contributed by atoms with Crippen LogP contribution in [0.4, 0.5) is 8.78 Å². The van der Waals surface area contributed by atoms with Crippen molar-refractivity contribution >= 4 is 37.4 Å². The number of rotatable bonds is 4. The van der Waals surface area contributed by atoms with E-state index in [1.54, 1.807) is 0 Å². The molecule has 0 aromatic heterocycles. The lowest BCUT2D eigenvalue weighted by atomic mass is 10.3. The first-order chi connectivity index (χ1) is 9.81. The van der Waals surface area contributed by atoms with E-state index in [1.807, 2.05) is 0 Å². The van der Waals surface area contributed by atoms with Crippen molar-refractivity contribution < 1.29 is 21.9 Å². The van der Waals surface area contributed by atoms with Crippen LogP contribution in [0.1, 0.15) is 0 Å². The lowest BCUT2D eigenvalue weighted by Crippen LogP contribution is -2.02. The number of benzene rings is 2. The molecular formula is C13H8BrClF2O3S. The van der Waals surface area contributed by atoms with Crippen LogP contribution < -0.4 is 4.74 Å². The highest BCUT2D eigenvalue weighted by atomic mass is 79.9. The number of sulfone groups is 1. The summed E-state index contributed by atoms with van der Waals surface area (Å²) in [6, 6.07) is 5.93. The number of alkyl halides is 1. The summed E-state index contributed by atoms with van der Waals surface area (Å²) in [6.45, 7) is 0. The molecule has 0 saturated carbocycles. The van der Waals surface area contributed by atoms with Crippen molar-refractivity contribution in [3.05, 3.63) is 51.7 Å². The van der Waals surface area contributed by atoms with Crippen molar-refractivity contribution in [3.8, 4) is 11.5 Å². The van der Waals surface area contributed by atoms with E-state index in [4.69, 9.17) is 16.3 Å². The van der Waals surface area contributed by atoms with Crippen LogP contribution >= 0.6 is 27.5 Å². The Hall–Kier alpha value is -1.18. The molecule has 0 spiro atoms. The molecule has 0 aliphatic rings. The molecule has 0 heterocycles. The van der Waals surface area contributed by atoms with Gasteiger partial charge in [-0.1, -0.05) is 11.6 Å².